The van der Waals surface area contributed by atoms with Crippen molar-refractivity contribution in [2.75, 3.05) is 20.1 Å². The van der Waals surface area contributed by atoms with E-state index in [9.17, 15) is 4.79 Å². The molecule has 0 saturated heterocycles. The van der Waals surface area contributed by atoms with Gasteiger partial charge in [0, 0.05) is 32.1 Å². The summed E-state index contributed by atoms with van der Waals surface area (Å²) in [5, 5.41) is 9.76. The molecule has 0 aromatic heterocycles. The number of hydrogen-bond donors (Lipinski definition) is 3. The first kappa shape index (κ1) is 23.5. The zero-order valence-electron chi connectivity index (χ0n) is 16.1. The normalized spacial score (nSPS) is 16.6. The van der Waals surface area contributed by atoms with E-state index in [0.717, 1.165) is 44.7 Å². The van der Waals surface area contributed by atoms with Gasteiger partial charge in [0.2, 0.25) is 5.91 Å². The summed E-state index contributed by atoms with van der Waals surface area (Å²) < 4.78 is 0. The lowest BCUT2D eigenvalue weighted by Gasteiger charge is -2.24. The van der Waals surface area contributed by atoms with E-state index in [2.05, 4.69) is 48.6 Å². The molecule has 1 aliphatic carbocycles. The Morgan fingerprint density at radius 3 is 2.33 bits per heavy atom. The van der Waals surface area contributed by atoms with Crippen LogP contribution < -0.4 is 16.0 Å². The van der Waals surface area contributed by atoms with Crippen molar-refractivity contribution in [2.24, 2.45) is 16.3 Å². The average Bonchev–Trinajstić information content (AvgIpc) is 2.40. The lowest BCUT2D eigenvalue weighted by Crippen LogP contribution is -2.43. The Balaban J connectivity index is 0.00000529. The predicted molar refractivity (Wildman–Crippen MR) is 113 cm³/mol. The minimum Gasteiger partial charge on any atom is -0.356 e. The number of carbonyl (C=O) groups is 1. The highest BCUT2D eigenvalue weighted by molar-refractivity contribution is 14.0. The second-order valence-corrected chi connectivity index (χ2v) is 7.92. The van der Waals surface area contributed by atoms with Crippen molar-refractivity contribution >= 4 is 35.8 Å². The summed E-state index contributed by atoms with van der Waals surface area (Å²) in [6, 6.07) is 0.402. The monoisotopic (exact) mass is 452 g/mol. The van der Waals surface area contributed by atoms with Crippen molar-refractivity contribution in [3.63, 3.8) is 0 Å². The summed E-state index contributed by atoms with van der Waals surface area (Å²) in [6.45, 7) is 10.5. The van der Waals surface area contributed by atoms with Gasteiger partial charge in [0.1, 0.15) is 0 Å². The van der Waals surface area contributed by atoms with Gasteiger partial charge < -0.3 is 16.0 Å². The number of nitrogens with one attached hydrogen (secondary N) is 3. The minimum atomic E-state index is 0. The lowest BCUT2D eigenvalue weighted by atomic mass is 9.85. The van der Waals surface area contributed by atoms with E-state index >= 15 is 0 Å². The van der Waals surface area contributed by atoms with Gasteiger partial charge in [-0.1, -0.05) is 27.2 Å². The van der Waals surface area contributed by atoms with Crippen molar-refractivity contribution < 1.29 is 4.79 Å². The van der Waals surface area contributed by atoms with Crippen LogP contribution in [0.25, 0.3) is 0 Å². The highest BCUT2D eigenvalue weighted by Crippen LogP contribution is 2.26. The number of aliphatic imine (C=N–C) groups is 1. The van der Waals surface area contributed by atoms with E-state index in [1.165, 1.54) is 12.8 Å². The van der Waals surface area contributed by atoms with Crippen LogP contribution in [0.2, 0.25) is 0 Å². The molecule has 1 fully saturated rings. The third kappa shape index (κ3) is 10.4. The van der Waals surface area contributed by atoms with E-state index in [1.807, 2.05) is 0 Å². The van der Waals surface area contributed by atoms with E-state index in [0.29, 0.717) is 11.5 Å². The predicted octanol–water partition coefficient (Wildman–Crippen LogP) is 3.29. The average molecular weight is 452 g/mol. The Bertz CT molecular complexity index is 389. The van der Waals surface area contributed by atoms with Crippen LogP contribution in [-0.2, 0) is 4.79 Å². The molecule has 24 heavy (non-hydrogen) atoms. The summed E-state index contributed by atoms with van der Waals surface area (Å²) in [6.07, 6.45) is 6.55. The molecule has 142 valence electrons. The van der Waals surface area contributed by atoms with E-state index in [4.69, 9.17) is 0 Å². The molecule has 1 saturated carbocycles. The largest absolute Gasteiger partial charge is 0.356 e. The molecule has 0 aromatic carbocycles. The first-order valence-corrected chi connectivity index (χ1v) is 9.07. The number of rotatable bonds is 8. The van der Waals surface area contributed by atoms with Crippen LogP contribution in [0, 0.1) is 11.3 Å². The molecule has 1 amide bonds. The van der Waals surface area contributed by atoms with Gasteiger partial charge in [-0.25, -0.2) is 0 Å². The SMILES string of the molecule is CN=C(NCCCNC(=O)C1CCC1)NC(C)CCC(C)(C)C.I. The van der Waals surface area contributed by atoms with Gasteiger partial charge in [-0.3, -0.25) is 9.79 Å². The summed E-state index contributed by atoms with van der Waals surface area (Å²) in [7, 11) is 1.80. The summed E-state index contributed by atoms with van der Waals surface area (Å²) in [5.41, 5.74) is 0.367. The second kappa shape index (κ2) is 11.9. The molecule has 0 bridgehead atoms. The third-order valence-electron chi connectivity index (χ3n) is 4.36. The fourth-order valence-electron chi connectivity index (χ4n) is 2.47. The number of halogens is 1. The van der Waals surface area contributed by atoms with Crippen LogP contribution in [0.1, 0.15) is 66.2 Å². The maximum absolute atomic E-state index is 11.7. The van der Waals surface area contributed by atoms with Gasteiger partial charge in [-0.2, -0.15) is 0 Å². The lowest BCUT2D eigenvalue weighted by molar-refractivity contribution is -0.127. The molecule has 0 spiro atoms. The molecule has 1 rings (SSSR count). The summed E-state index contributed by atoms with van der Waals surface area (Å²) in [4.78, 5) is 16.0. The Kier molecular flexibility index (Phi) is 11.7. The van der Waals surface area contributed by atoms with E-state index in [1.54, 1.807) is 7.05 Å². The quantitative estimate of drug-likeness (QED) is 0.229. The summed E-state index contributed by atoms with van der Waals surface area (Å²) in [5.74, 6) is 1.35. The van der Waals surface area contributed by atoms with Crippen molar-refractivity contribution in [1.29, 1.82) is 0 Å². The minimum absolute atomic E-state index is 0. The Morgan fingerprint density at radius 2 is 1.83 bits per heavy atom. The number of guanidine groups is 1. The second-order valence-electron chi connectivity index (χ2n) is 7.92. The van der Waals surface area contributed by atoms with Crippen molar-refractivity contribution in [1.82, 2.24) is 16.0 Å². The molecule has 0 radical (unpaired) electrons. The first-order valence-electron chi connectivity index (χ1n) is 9.07. The maximum atomic E-state index is 11.7. The van der Waals surface area contributed by atoms with Gasteiger partial charge in [-0.05, 0) is 44.4 Å². The number of nitrogens with zero attached hydrogens (tertiary/aromatic N) is 1. The number of hydrogen-bond acceptors (Lipinski definition) is 2. The highest BCUT2D eigenvalue weighted by atomic mass is 127. The van der Waals surface area contributed by atoms with E-state index in [-0.39, 0.29) is 35.8 Å². The topological polar surface area (TPSA) is 65.5 Å². The maximum Gasteiger partial charge on any atom is 0.223 e. The molecule has 0 aromatic rings. The van der Waals surface area contributed by atoms with E-state index < -0.39 is 0 Å². The van der Waals surface area contributed by atoms with Gasteiger partial charge >= 0.3 is 0 Å². The molecular weight excluding hydrogens is 415 g/mol. The van der Waals surface area contributed by atoms with Gasteiger partial charge in [0.15, 0.2) is 5.96 Å². The van der Waals surface area contributed by atoms with Gasteiger partial charge in [0.25, 0.3) is 0 Å². The Hall–Kier alpha value is -0.530. The molecule has 5 nitrogen and oxygen atoms in total. The molecule has 1 atom stereocenters. The van der Waals surface area contributed by atoms with Crippen LogP contribution in [-0.4, -0.2) is 38.0 Å². The smallest absolute Gasteiger partial charge is 0.223 e. The number of carbonyl (C=O) groups excluding carboxylic acids is 1. The molecule has 0 aliphatic heterocycles. The van der Waals surface area contributed by atoms with Crippen molar-refractivity contribution in [3.05, 3.63) is 0 Å². The highest BCUT2D eigenvalue weighted by Gasteiger charge is 2.24. The van der Waals surface area contributed by atoms with Crippen molar-refractivity contribution in [3.8, 4) is 0 Å². The zero-order valence-corrected chi connectivity index (χ0v) is 18.4. The Morgan fingerprint density at radius 1 is 1.21 bits per heavy atom. The zero-order chi connectivity index (χ0) is 17.3. The molecule has 1 unspecified atom stereocenters. The molecule has 1 aliphatic rings. The van der Waals surface area contributed by atoms with Gasteiger partial charge in [-0.15, -0.1) is 24.0 Å². The molecule has 0 heterocycles. The van der Waals surface area contributed by atoms with Crippen molar-refractivity contribution in [2.45, 2.75) is 72.3 Å². The standard InChI is InChI=1S/C18H36N4O.HI/c1-14(10-11-18(2,3)4)22-17(19-5)21-13-7-12-20-16(23)15-8-6-9-15;/h14-15H,6-13H2,1-5H3,(H,20,23)(H2,19,21,22);1H. The molecule has 3 N–H and O–H groups in total. The van der Waals surface area contributed by atoms with Crippen LogP contribution >= 0.6 is 24.0 Å². The fraction of sp³-hybridized carbons (Fsp3) is 0.889. The van der Waals surface area contributed by atoms with Crippen LogP contribution in [0.3, 0.4) is 0 Å². The van der Waals surface area contributed by atoms with Crippen LogP contribution in [0.5, 0.6) is 0 Å². The first-order chi connectivity index (χ1) is 10.8. The van der Waals surface area contributed by atoms with Crippen LogP contribution in [0.15, 0.2) is 4.99 Å². The third-order valence-corrected chi connectivity index (χ3v) is 4.36. The van der Waals surface area contributed by atoms with Gasteiger partial charge in [0.05, 0.1) is 0 Å². The summed E-state index contributed by atoms with van der Waals surface area (Å²) >= 11 is 0. The Labute approximate surface area is 165 Å². The fourth-order valence-corrected chi connectivity index (χ4v) is 2.47. The molecular formula is C18H37IN4O. The number of amides is 1. The molecule has 6 heteroatoms. The van der Waals surface area contributed by atoms with Crippen LogP contribution in [0.4, 0.5) is 0 Å².